The Bertz CT molecular complexity index is 714. The van der Waals surface area contributed by atoms with Gasteiger partial charge in [0.2, 0.25) is 11.8 Å². The van der Waals surface area contributed by atoms with Crippen molar-refractivity contribution in [1.29, 1.82) is 0 Å². The molecule has 0 radical (unpaired) electrons. The summed E-state index contributed by atoms with van der Waals surface area (Å²) in [7, 11) is 0. The molecule has 0 spiro atoms. The second-order valence-electron chi connectivity index (χ2n) is 6.33. The maximum absolute atomic E-state index is 12.0. The van der Waals surface area contributed by atoms with E-state index in [1.807, 2.05) is 20.8 Å². The molecule has 1 heterocycles. The number of para-hydroxylation sites is 1. The van der Waals surface area contributed by atoms with Gasteiger partial charge in [-0.3, -0.25) is 14.9 Å². The van der Waals surface area contributed by atoms with E-state index >= 15 is 0 Å². The molecule has 1 aromatic heterocycles. The molecule has 2 aromatic rings. The van der Waals surface area contributed by atoms with E-state index in [9.17, 15) is 9.59 Å². The number of benzene rings is 1. The van der Waals surface area contributed by atoms with Gasteiger partial charge in [-0.15, -0.1) is 0 Å². The molecule has 0 fully saturated rings. The van der Waals surface area contributed by atoms with Crippen LogP contribution in [0.2, 0.25) is 0 Å². The molecule has 0 bridgehead atoms. The molecule has 122 valence electrons. The highest BCUT2D eigenvalue weighted by atomic mass is 16.5. The molecule has 23 heavy (non-hydrogen) atoms. The third kappa shape index (κ3) is 4.42. The Morgan fingerprint density at radius 1 is 1.22 bits per heavy atom. The highest BCUT2D eigenvalue weighted by Gasteiger charge is 2.19. The molecule has 0 aliphatic heterocycles. The van der Waals surface area contributed by atoms with Gasteiger partial charge in [-0.25, -0.2) is 0 Å². The Hall–Kier alpha value is -2.63. The van der Waals surface area contributed by atoms with Crippen LogP contribution in [0.15, 0.2) is 34.9 Å². The van der Waals surface area contributed by atoms with Crippen molar-refractivity contribution in [2.45, 2.75) is 33.1 Å². The number of carbonyl (C=O) groups excluding carboxylic acids is 2. The number of aromatic nitrogens is 1. The number of carbonyl (C=O) groups is 2. The normalized spacial score (nSPS) is 11.1. The molecule has 2 N–H and O–H groups in total. The van der Waals surface area contributed by atoms with Crippen LogP contribution in [0.5, 0.6) is 0 Å². The minimum atomic E-state index is -0.278. The summed E-state index contributed by atoms with van der Waals surface area (Å²) in [6.45, 7) is 7.54. The van der Waals surface area contributed by atoms with E-state index in [1.54, 1.807) is 30.3 Å². The Kier molecular flexibility index (Phi) is 4.83. The molecule has 6 heteroatoms. The fraction of sp³-hybridized carbons (Fsp3) is 0.353. The van der Waals surface area contributed by atoms with Crippen molar-refractivity contribution in [1.82, 2.24) is 5.16 Å². The fourth-order valence-electron chi connectivity index (χ4n) is 1.99. The predicted molar refractivity (Wildman–Crippen MR) is 88.8 cm³/mol. The summed E-state index contributed by atoms with van der Waals surface area (Å²) in [5, 5.41) is 9.54. The number of anilines is 2. The topological polar surface area (TPSA) is 84.2 Å². The van der Waals surface area contributed by atoms with Crippen LogP contribution in [-0.2, 0) is 10.2 Å². The van der Waals surface area contributed by atoms with Gasteiger partial charge in [0.25, 0.3) is 0 Å². The first kappa shape index (κ1) is 16.7. The number of amides is 1. The first-order valence-electron chi connectivity index (χ1n) is 7.38. The van der Waals surface area contributed by atoms with E-state index in [4.69, 9.17) is 4.52 Å². The van der Waals surface area contributed by atoms with Crippen LogP contribution in [-0.4, -0.2) is 23.4 Å². The minimum absolute atomic E-state index is 0.0237. The Balaban J connectivity index is 1.96. The lowest BCUT2D eigenvalue weighted by atomic mass is 9.92. The SMILES string of the molecule is CC(=O)c1ccccc1NCC(=O)Nc1cc(C(C)(C)C)no1. The van der Waals surface area contributed by atoms with E-state index in [0.717, 1.165) is 5.69 Å². The number of Topliss-reactive ketones (excluding diaryl/α,β-unsaturated/α-hetero) is 1. The highest BCUT2D eigenvalue weighted by molar-refractivity contribution is 6.00. The van der Waals surface area contributed by atoms with Gasteiger partial charge in [0.05, 0.1) is 12.2 Å². The zero-order chi connectivity index (χ0) is 17.0. The molecule has 0 unspecified atom stereocenters. The summed E-state index contributed by atoms with van der Waals surface area (Å²) in [4.78, 5) is 23.5. The van der Waals surface area contributed by atoms with Crippen molar-refractivity contribution < 1.29 is 14.1 Å². The van der Waals surface area contributed by atoms with Crippen LogP contribution < -0.4 is 10.6 Å². The lowest BCUT2D eigenvalue weighted by Gasteiger charge is -2.12. The summed E-state index contributed by atoms with van der Waals surface area (Å²) in [5.74, 6) is -0.0277. The van der Waals surface area contributed by atoms with Crippen LogP contribution in [0.25, 0.3) is 0 Å². The Labute approximate surface area is 135 Å². The smallest absolute Gasteiger partial charge is 0.246 e. The molecule has 0 aliphatic rings. The lowest BCUT2D eigenvalue weighted by molar-refractivity contribution is -0.114. The molecular weight excluding hydrogens is 294 g/mol. The van der Waals surface area contributed by atoms with Gasteiger partial charge < -0.3 is 9.84 Å². The molecule has 2 rings (SSSR count). The van der Waals surface area contributed by atoms with Gasteiger partial charge in [-0.05, 0) is 19.1 Å². The first-order valence-corrected chi connectivity index (χ1v) is 7.38. The van der Waals surface area contributed by atoms with E-state index < -0.39 is 0 Å². The largest absolute Gasteiger partial charge is 0.376 e. The van der Waals surface area contributed by atoms with E-state index in [2.05, 4.69) is 15.8 Å². The minimum Gasteiger partial charge on any atom is -0.376 e. The van der Waals surface area contributed by atoms with Crippen molar-refractivity contribution in [2.24, 2.45) is 0 Å². The maximum atomic E-state index is 12.0. The van der Waals surface area contributed by atoms with Crippen LogP contribution in [0.3, 0.4) is 0 Å². The van der Waals surface area contributed by atoms with E-state index in [-0.39, 0.29) is 23.7 Å². The second-order valence-corrected chi connectivity index (χ2v) is 6.33. The maximum Gasteiger partial charge on any atom is 0.246 e. The van der Waals surface area contributed by atoms with Gasteiger partial charge in [0, 0.05) is 22.7 Å². The number of nitrogens with one attached hydrogen (secondary N) is 2. The summed E-state index contributed by atoms with van der Waals surface area (Å²) >= 11 is 0. The molecular formula is C17H21N3O3. The molecule has 0 atom stereocenters. The number of ketones is 1. The highest BCUT2D eigenvalue weighted by Crippen LogP contribution is 2.23. The summed E-state index contributed by atoms with van der Waals surface area (Å²) < 4.78 is 5.11. The van der Waals surface area contributed by atoms with Gasteiger partial charge >= 0.3 is 0 Å². The van der Waals surface area contributed by atoms with E-state index in [0.29, 0.717) is 17.1 Å². The molecule has 6 nitrogen and oxygen atoms in total. The monoisotopic (exact) mass is 315 g/mol. The lowest BCUT2D eigenvalue weighted by Crippen LogP contribution is -2.22. The number of hydrogen-bond donors (Lipinski definition) is 2. The summed E-state index contributed by atoms with van der Waals surface area (Å²) in [6, 6.07) is 8.77. The van der Waals surface area contributed by atoms with Crippen molar-refractivity contribution in [3.05, 3.63) is 41.6 Å². The van der Waals surface area contributed by atoms with Gasteiger partial charge in [0.1, 0.15) is 0 Å². The van der Waals surface area contributed by atoms with Crippen LogP contribution in [0.4, 0.5) is 11.6 Å². The van der Waals surface area contributed by atoms with Crippen molar-refractivity contribution in [3.63, 3.8) is 0 Å². The molecule has 1 aromatic carbocycles. The average Bonchev–Trinajstić information content (AvgIpc) is 2.94. The van der Waals surface area contributed by atoms with Crippen LogP contribution in [0, 0.1) is 0 Å². The third-order valence-electron chi connectivity index (χ3n) is 3.29. The van der Waals surface area contributed by atoms with Crippen molar-refractivity contribution >= 4 is 23.3 Å². The number of rotatable bonds is 5. The third-order valence-corrected chi connectivity index (χ3v) is 3.29. The number of nitrogens with zero attached hydrogens (tertiary/aromatic N) is 1. The van der Waals surface area contributed by atoms with Crippen LogP contribution in [0.1, 0.15) is 43.7 Å². The molecule has 0 saturated heterocycles. The summed E-state index contributed by atoms with van der Waals surface area (Å²) in [6.07, 6.45) is 0. The zero-order valence-corrected chi connectivity index (χ0v) is 13.8. The quantitative estimate of drug-likeness (QED) is 0.828. The Morgan fingerprint density at radius 3 is 2.52 bits per heavy atom. The van der Waals surface area contributed by atoms with Gasteiger partial charge in [0.15, 0.2) is 5.78 Å². The average molecular weight is 315 g/mol. The predicted octanol–water partition coefficient (Wildman–Crippen LogP) is 3.23. The van der Waals surface area contributed by atoms with Gasteiger partial charge in [-0.2, -0.15) is 0 Å². The Morgan fingerprint density at radius 2 is 1.91 bits per heavy atom. The standard InChI is InChI=1S/C17H21N3O3/c1-11(21)12-7-5-6-8-13(12)18-10-15(22)19-16-9-14(20-23-16)17(2,3)4/h5-9,18H,10H2,1-4H3,(H,19,22). The van der Waals surface area contributed by atoms with Gasteiger partial charge in [-0.1, -0.05) is 38.1 Å². The zero-order valence-electron chi connectivity index (χ0n) is 13.8. The van der Waals surface area contributed by atoms with Crippen LogP contribution >= 0.6 is 0 Å². The fourth-order valence-corrected chi connectivity index (χ4v) is 1.99. The molecule has 0 aliphatic carbocycles. The summed E-state index contributed by atoms with van der Waals surface area (Å²) in [5.41, 5.74) is 1.80. The van der Waals surface area contributed by atoms with Crippen molar-refractivity contribution in [2.75, 3.05) is 17.2 Å². The molecule has 0 saturated carbocycles. The van der Waals surface area contributed by atoms with Crippen molar-refractivity contribution in [3.8, 4) is 0 Å². The second kappa shape index (κ2) is 6.64. The first-order chi connectivity index (χ1) is 10.8. The molecule has 1 amide bonds. The number of hydrogen-bond acceptors (Lipinski definition) is 5. The van der Waals surface area contributed by atoms with E-state index in [1.165, 1.54) is 6.92 Å².